The van der Waals surface area contributed by atoms with Gasteiger partial charge in [0.05, 0.1) is 7.11 Å². The molecule has 5 nitrogen and oxygen atoms in total. The van der Waals surface area contributed by atoms with E-state index in [1.807, 2.05) is 0 Å². The molecule has 92 valence electrons. The van der Waals surface area contributed by atoms with Crippen molar-refractivity contribution in [3.8, 4) is 0 Å². The summed E-state index contributed by atoms with van der Waals surface area (Å²) in [5, 5.41) is 2.68. The van der Waals surface area contributed by atoms with E-state index in [4.69, 9.17) is 0 Å². The van der Waals surface area contributed by atoms with Crippen molar-refractivity contribution in [1.29, 1.82) is 0 Å². The molecule has 0 bridgehead atoms. The third-order valence-corrected chi connectivity index (χ3v) is 2.08. The quantitative estimate of drug-likeness (QED) is 0.380. The third-order valence-electron chi connectivity index (χ3n) is 2.08. The van der Waals surface area contributed by atoms with E-state index in [-0.39, 0.29) is 18.1 Å². The molecule has 0 aliphatic heterocycles. The van der Waals surface area contributed by atoms with Crippen LogP contribution >= 0.6 is 0 Å². The van der Waals surface area contributed by atoms with Crippen molar-refractivity contribution in [1.82, 2.24) is 5.32 Å². The summed E-state index contributed by atoms with van der Waals surface area (Å²) in [7, 11) is 1.27. The van der Waals surface area contributed by atoms with Gasteiger partial charge in [-0.05, 0) is 12.8 Å². The van der Waals surface area contributed by atoms with Gasteiger partial charge in [-0.15, -0.1) is 0 Å². The van der Waals surface area contributed by atoms with Crippen LogP contribution in [0.25, 0.3) is 0 Å². The molecule has 0 aromatic rings. The first kappa shape index (κ1) is 14.6. The van der Waals surface area contributed by atoms with Gasteiger partial charge < -0.3 is 10.1 Å². The number of hydrogen-bond acceptors (Lipinski definition) is 4. The van der Waals surface area contributed by atoms with E-state index < -0.39 is 5.97 Å². The molecular weight excluding hydrogens is 210 g/mol. The van der Waals surface area contributed by atoms with Gasteiger partial charge in [-0.1, -0.05) is 6.42 Å². The van der Waals surface area contributed by atoms with E-state index in [2.05, 4.69) is 10.1 Å². The van der Waals surface area contributed by atoms with Gasteiger partial charge in [-0.2, -0.15) is 0 Å². The average Bonchev–Trinajstić information content (AvgIpc) is 2.22. The minimum atomic E-state index is -0.483. The largest absolute Gasteiger partial charge is 0.469 e. The molecule has 0 atom stereocenters. The molecule has 0 radical (unpaired) electrons. The maximum atomic E-state index is 11.2. The number of ether oxygens (including phenoxy) is 1. The van der Waals surface area contributed by atoms with E-state index in [9.17, 15) is 14.4 Å². The van der Waals surface area contributed by atoms with Gasteiger partial charge in [0.25, 0.3) is 0 Å². The maximum Gasteiger partial charge on any atom is 0.313 e. The Morgan fingerprint density at radius 1 is 1.12 bits per heavy atom. The Hall–Kier alpha value is -1.39. The number of ketones is 1. The smallest absolute Gasteiger partial charge is 0.313 e. The Kier molecular flexibility index (Phi) is 8.11. The minimum absolute atomic E-state index is 0.0400. The SMILES string of the molecule is COC(=O)CC(=O)CCCCCNC(C)=O. The number of rotatable bonds is 8. The van der Waals surface area contributed by atoms with E-state index in [0.717, 1.165) is 19.3 Å². The van der Waals surface area contributed by atoms with Crippen molar-refractivity contribution in [3.63, 3.8) is 0 Å². The van der Waals surface area contributed by atoms with E-state index in [1.165, 1.54) is 14.0 Å². The number of Topliss-reactive ketones (excluding diaryl/α,β-unsaturated/α-hetero) is 1. The number of unbranched alkanes of at least 4 members (excludes halogenated alkanes) is 2. The number of carbonyl (C=O) groups is 3. The normalized spacial score (nSPS) is 9.62. The molecule has 5 heteroatoms. The van der Waals surface area contributed by atoms with E-state index in [0.29, 0.717) is 13.0 Å². The predicted octanol–water partition coefficient (Wildman–Crippen LogP) is 0.815. The molecule has 1 N–H and O–H groups in total. The second kappa shape index (κ2) is 8.88. The zero-order valence-electron chi connectivity index (χ0n) is 9.88. The molecule has 0 unspecified atom stereocenters. The summed E-state index contributed by atoms with van der Waals surface area (Å²) in [6.07, 6.45) is 2.73. The summed E-state index contributed by atoms with van der Waals surface area (Å²) in [6.45, 7) is 2.11. The Morgan fingerprint density at radius 2 is 1.81 bits per heavy atom. The first-order chi connectivity index (χ1) is 7.56. The average molecular weight is 229 g/mol. The van der Waals surface area contributed by atoms with Gasteiger partial charge in [-0.25, -0.2) is 0 Å². The highest BCUT2D eigenvalue weighted by atomic mass is 16.5. The van der Waals surface area contributed by atoms with Crippen molar-refractivity contribution in [2.24, 2.45) is 0 Å². The summed E-state index contributed by atoms with van der Waals surface area (Å²) >= 11 is 0. The van der Waals surface area contributed by atoms with Crippen LogP contribution in [0.2, 0.25) is 0 Å². The minimum Gasteiger partial charge on any atom is -0.469 e. The lowest BCUT2D eigenvalue weighted by atomic mass is 10.1. The Bertz CT molecular complexity index is 250. The molecule has 16 heavy (non-hydrogen) atoms. The highest BCUT2D eigenvalue weighted by molar-refractivity contribution is 5.95. The van der Waals surface area contributed by atoms with Crippen LogP contribution in [0.4, 0.5) is 0 Å². The van der Waals surface area contributed by atoms with Crippen molar-refractivity contribution in [2.75, 3.05) is 13.7 Å². The molecular formula is C11H19NO4. The Morgan fingerprint density at radius 3 is 2.38 bits per heavy atom. The number of carbonyl (C=O) groups excluding carboxylic acids is 3. The molecule has 0 aromatic heterocycles. The number of methoxy groups -OCH3 is 1. The molecule has 0 saturated carbocycles. The molecule has 0 fully saturated rings. The molecule has 0 aliphatic carbocycles. The van der Waals surface area contributed by atoms with Crippen LogP contribution in [-0.2, 0) is 19.1 Å². The summed E-state index contributed by atoms with van der Waals surface area (Å²) in [4.78, 5) is 32.4. The lowest BCUT2D eigenvalue weighted by Gasteiger charge is -2.02. The van der Waals surface area contributed by atoms with Crippen molar-refractivity contribution in [2.45, 2.75) is 39.0 Å². The van der Waals surface area contributed by atoms with Crippen LogP contribution in [-0.4, -0.2) is 31.3 Å². The zero-order valence-corrected chi connectivity index (χ0v) is 9.88. The lowest BCUT2D eigenvalue weighted by molar-refractivity contribution is -0.143. The van der Waals surface area contributed by atoms with E-state index >= 15 is 0 Å². The van der Waals surface area contributed by atoms with Gasteiger partial charge >= 0.3 is 5.97 Å². The van der Waals surface area contributed by atoms with Crippen LogP contribution in [0, 0.1) is 0 Å². The summed E-state index contributed by atoms with van der Waals surface area (Å²) in [5.74, 6) is -0.614. The molecule has 0 saturated heterocycles. The highest BCUT2D eigenvalue weighted by Gasteiger charge is 2.08. The molecule has 0 heterocycles. The van der Waals surface area contributed by atoms with Gasteiger partial charge in [-0.3, -0.25) is 14.4 Å². The number of nitrogens with one attached hydrogen (secondary N) is 1. The second-order valence-electron chi connectivity index (χ2n) is 3.59. The highest BCUT2D eigenvalue weighted by Crippen LogP contribution is 2.02. The van der Waals surface area contributed by atoms with Crippen LogP contribution in [0.1, 0.15) is 39.0 Å². The molecule has 0 spiro atoms. The van der Waals surface area contributed by atoms with Crippen molar-refractivity contribution >= 4 is 17.7 Å². The summed E-state index contributed by atoms with van der Waals surface area (Å²) < 4.78 is 4.38. The van der Waals surface area contributed by atoms with Crippen LogP contribution in [0.3, 0.4) is 0 Å². The molecule has 0 rings (SSSR count). The fourth-order valence-corrected chi connectivity index (χ4v) is 1.21. The topological polar surface area (TPSA) is 72.5 Å². The Labute approximate surface area is 95.5 Å². The fourth-order valence-electron chi connectivity index (χ4n) is 1.21. The van der Waals surface area contributed by atoms with Gasteiger partial charge in [0.2, 0.25) is 5.91 Å². The molecule has 0 aliphatic rings. The van der Waals surface area contributed by atoms with Gasteiger partial charge in [0.1, 0.15) is 12.2 Å². The second-order valence-corrected chi connectivity index (χ2v) is 3.59. The molecule has 0 aromatic carbocycles. The van der Waals surface area contributed by atoms with Gasteiger partial charge in [0.15, 0.2) is 0 Å². The lowest BCUT2D eigenvalue weighted by Crippen LogP contribution is -2.20. The number of hydrogen-bond donors (Lipinski definition) is 1. The number of amides is 1. The van der Waals surface area contributed by atoms with Gasteiger partial charge in [0, 0.05) is 19.9 Å². The van der Waals surface area contributed by atoms with Crippen LogP contribution in [0.5, 0.6) is 0 Å². The first-order valence-electron chi connectivity index (χ1n) is 5.39. The maximum absolute atomic E-state index is 11.2. The first-order valence-corrected chi connectivity index (χ1v) is 5.39. The Balaban J connectivity index is 3.34. The van der Waals surface area contributed by atoms with E-state index in [1.54, 1.807) is 0 Å². The van der Waals surface area contributed by atoms with Crippen LogP contribution in [0.15, 0.2) is 0 Å². The standard InChI is InChI=1S/C11H19NO4/c1-9(13)12-7-5-3-4-6-10(14)8-11(15)16-2/h3-8H2,1-2H3,(H,12,13). The number of esters is 1. The van der Waals surface area contributed by atoms with Crippen LogP contribution < -0.4 is 5.32 Å². The third kappa shape index (κ3) is 9.18. The van der Waals surface area contributed by atoms with Crippen molar-refractivity contribution < 1.29 is 19.1 Å². The van der Waals surface area contributed by atoms with Crippen molar-refractivity contribution in [3.05, 3.63) is 0 Å². The zero-order chi connectivity index (χ0) is 12.4. The summed E-state index contributed by atoms with van der Waals surface area (Å²) in [6, 6.07) is 0. The fraction of sp³-hybridized carbons (Fsp3) is 0.727. The molecule has 1 amide bonds. The predicted molar refractivity (Wildman–Crippen MR) is 58.8 cm³/mol. The summed E-state index contributed by atoms with van der Waals surface area (Å²) in [5.41, 5.74) is 0. The monoisotopic (exact) mass is 229 g/mol.